The van der Waals surface area contributed by atoms with Gasteiger partial charge in [0.25, 0.3) is 0 Å². The molecule has 2 aromatic rings. The number of thiazole rings is 1. The van der Waals surface area contributed by atoms with Gasteiger partial charge in [0.15, 0.2) is 0 Å². The molecule has 0 bridgehead atoms. The number of fused-ring (bicyclic) bond motifs is 1. The lowest BCUT2D eigenvalue weighted by atomic mass is 9.99. The first-order valence-electron chi connectivity index (χ1n) is 7.57. The highest BCUT2D eigenvalue weighted by molar-refractivity contribution is 7.18. The van der Waals surface area contributed by atoms with Crippen LogP contribution in [0.2, 0.25) is 5.02 Å². The zero-order chi connectivity index (χ0) is 16.1. The molecule has 0 saturated carbocycles. The smallest absolute Gasteiger partial charge is 0.220 e. The van der Waals surface area contributed by atoms with Crippen molar-refractivity contribution >= 4 is 39.1 Å². The van der Waals surface area contributed by atoms with E-state index >= 15 is 0 Å². The first-order chi connectivity index (χ1) is 10.5. The van der Waals surface area contributed by atoms with E-state index in [0.717, 1.165) is 21.6 Å². The Morgan fingerprint density at radius 2 is 2.27 bits per heavy atom. The van der Waals surface area contributed by atoms with Crippen molar-refractivity contribution in [2.24, 2.45) is 11.7 Å². The van der Waals surface area contributed by atoms with E-state index < -0.39 is 0 Å². The summed E-state index contributed by atoms with van der Waals surface area (Å²) in [4.78, 5) is 16.6. The van der Waals surface area contributed by atoms with Crippen molar-refractivity contribution in [1.82, 2.24) is 10.3 Å². The number of hydrogen-bond donors (Lipinski definition) is 2. The van der Waals surface area contributed by atoms with Crippen LogP contribution in [0, 0.1) is 5.92 Å². The zero-order valence-electron chi connectivity index (χ0n) is 12.9. The molecule has 1 aromatic carbocycles. The first-order valence-corrected chi connectivity index (χ1v) is 8.77. The Balaban J connectivity index is 1.92. The van der Waals surface area contributed by atoms with Crippen LogP contribution < -0.4 is 11.1 Å². The standard InChI is InChI=1S/C16H22ClN3OS/c1-3-10(2)13(9-18)19-15(21)6-7-16-20-12-5-4-11(17)8-14(12)22-16/h4-5,8,10,13H,3,6-7,9,18H2,1-2H3,(H,19,21). The van der Waals surface area contributed by atoms with Crippen LogP contribution in [0.5, 0.6) is 0 Å². The Bertz CT molecular complexity index is 643. The number of nitrogens with zero attached hydrogens (tertiary/aromatic N) is 1. The third-order valence-electron chi connectivity index (χ3n) is 3.89. The molecule has 0 spiro atoms. The second-order valence-electron chi connectivity index (χ2n) is 5.51. The molecule has 0 fully saturated rings. The number of benzene rings is 1. The van der Waals surface area contributed by atoms with E-state index in [-0.39, 0.29) is 11.9 Å². The highest BCUT2D eigenvalue weighted by Gasteiger charge is 2.16. The van der Waals surface area contributed by atoms with Gasteiger partial charge in [0, 0.05) is 30.5 Å². The highest BCUT2D eigenvalue weighted by atomic mass is 35.5. The fourth-order valence-corrected chi connectivity index (χ4v) is 3.51. The Labute approximate surface area is 140 Å². The number of carbonyl (C=O) groups is 1. The largest absolute Gasteiger partial charge is 0.352 e. The highest BCUT2D eigenvalue weighted by Crippen LogP contribution is 2.25. The second kappa shape index (κ2) is 7.90. The van der Waals surface area contributed by atoms with Crippen LogP contribution in [0.15, 0.2) is 18.2 Å². The molecule has 1 aromatic heterocycles. The summed E-state index contributed by atoms with van der Waals surface area (Å²) in [5.41, 5.74) is 6.67. The summed E-state index contributed by atoms with van der Waals surface area (Å²) >= 11 is 7.56. The van der Waals surface area contributed by atoms with Gasteiger partial charge in [-0.05, 0) is 24.1 Å². The van der Waals surface area contributed by atoms with Crippen LogP contribution in [-0.2, 0) is 11.2 Å². The number of nitrogens with one attached hydrogen (secondary N) is 1. The van der Waals surface area contributed by atoms with Gasteiger partial charge < -0.3 is 11.1 Å². The Kier molecular flexibility index (Phi) is 6.17. The third kappa shape index (κ3) is 4.41. The van der Waals surface area contributed by atoms with Crippen molar-refractivity contribution in [3.8, 4) is 0 Å². The van der Waals surface area contributed by atoms with Crippen LogP contribution in [-0.4, -0.2) is 23.5 Å². The van der Waals surface area contributed by atoms with Gasteiger partial charge in [-0.25, -0.2) is 4.98 Å². The molecule has 0 aliphatic heterocycles. The molecule has 0 radical (unpaired) electrons. The number of nitrogens with two attached hydrogens (primary N) is 1. The maximum Gasteiger partial charge on any atom is 0.220 e. The molecule has 2 unspecified atom stereocenters. The second-order valence-corrected chi connectivity index (χ2v) is 7.07. The molecule has 6 heteroatoms. The number of hydrogen-bond acceptors (Lipinski definition) is 4. The van der Waals surface area contributed by atoms with Crippen LogP contribution in [0.3, 0.4) is 0 Å². The molecule has 2 rings (SSSR count). The molecular formula is C16H22ClN3OS. The van der Waals surface area contributed by atoms with Crippen LogP contribution in [0.4, 0.5) is 0 Å². The predicted octanol–water partition coefficient (Wildman–Crippen LogP) is 3.37. The van der Waals surface area contributed by atoms with E-state index in [4.69, 9.17) is 17.3 Å². The average molecular weight is 340 g/mol. The van der Waals surface area contributed by atoms with Crippen molar-refractivity contribution in [2.75, 3.05) is 6.54 Å². The average Bonchev–Trinajstić information content (AvgIpc) is 2.91. The summed E-state index contributed by atoms with van der Waals surface area (Å²) in [6.07, 6.45) is 2.07. The molecule has 0 aliphatic carbocycles. The predicted molar refractivity (Wildman–Crippen MR) is 93.4 cm³/mol. The molecule has 0 saturated heterocycles. The van der Waals surface area contributed by atoms with Crippen LogP contribution >= 0.6 is 22.9 Å². The number of halogens is 1. The van der Waals surface area contributed by atoms with Crippen molar-refractivity contribution in [1.29, 1.82) is 0 Å². The first kappa shape index (κ1) is 17.2. The van der Waals surface area contributed by atoms with Crippen molar-refractivity contribution in [3.05, 3.63) is 28.2 Å². The minimum absolute atomic E-state index is 0.0352. The third-order valence-corrected chi connectivity index (χ3v) is 5.20. The van der Waals surface area contributed by atoms with Crippen molar-refractivity contribution < 1.29 is 4.79 Å². The molecule has 4 nitrogen and oxygen atoms in total. The van der Waals surface area contributed by atoms with Gasteiger partial charge >= 0.3 is 0 Å². The fraction of sp³-hybridized carbons (Fsp3) is 0.500. The Morgan fingerprint density at radius 3 is 2.95 bits per heavy atom. The number of aromatic nitrogens is 1. The monoisotopic (exact) mass is 339 g/mol. The molecule has 1 amide bonds. The molecule has 2 atom stereocenters. The van der Waals surface area contributed by atoms with E-state index in [1.807, 2.05) is 18.2 Å². The van der Waals surface area contributed by atoms with E-state index in [1.54, 1.807) is 11.3 Å². The normalized spacial score (nSPS) is 14.0. The van der Waals surface area contributed by atoms with Crippen molar-refractivity contribution in [2.45, 2.75) is 39.2 Å². The molecule has 0 aliphatic rings. The molecule has 22 heavy (non-hydrogen) atoms. The number of amides is 1. The van der Waals surface area contributed by atoms with Gasteiger partial charge in [-0.3, -0.25) is 4.79 Å². The minimum Gasteiger partial charge on any atom is -0.352 e. The summed E-state index contributed by atoms with van der Waals surface area (Å²) in [6.45, 7) is 4.68. The molecule has 120 valence electrons. The quantitative estimate of drug-likeness (QED) is 0.812. The summed E-state index contributed by atoms with van der Waals surface area (Å²) in [7, 11) is 0. The molecular weight excluding hydrogens is 318 g/mol. The topological polar surface area (TPSA) is 68.0 Å². The van der Waals surface area contributed by atoms with E-state index in [1.165, 1.54) is 0 Å². The minimum atomic E-state index is 0.0352. The lowest BCUT2D eigenvalue weighted by molar-refractivity contribution is -0.122. The van der Waals surface area contributed by atoms with Gasteiger partial charge in [-0.2, -0.15) is 0 Å². The van der Waals surface area contributed by atoms with E-state index in [0.29, 0.717) is 30.3 Å². The summed E-state index contributed by atoms with van der Waals surface area (Å²) in [6, 6.07) is 5.70. The van der Waals surface area contributed by atoms with Gasteiger partial charge in [-0.1, -0.05) is 31.9 Å². The molecule has 3 N–H and O–H groups in total. The maximum absolute atomic E-state index is 12.1. The number of carbonyl (C=O) groups excluding carboxylic acids is 1. The van der Waals surface area contributed by atoms with Crippen LogP contribution in [0.25, 0.3) is 10.2 Å². The van der Waals surface area contributed by atoms with E-state index in [2.05, 4.69) is 24.1 Å². The number of rotatable bonds is 7. The van der Waals surface area contributed by atoms with Gasteiger partial charge in [-0.15, -0.1) is 11.3 Å². The SMILES string of the molecule is CCC(C)C(CN)NC(=O)CCc1nc2ccc(Cl)cc2s1. The lowest BCUT2D eigenvalue weighted by Gasteiger charge is -2.22. The Hall–Kier alpha value is -1.17. The molecule has 1 heterocycles. The van der Waals surface area contributed by atoms with Gasteiger partial charge in [0.1, 0.15) is 0 Å². The zero-order valence-corrected chi connectivity index (χ0v) is 14.5. The van der Waals surface area contributed by atoms with Gasteiger partial charge in [0.2, 0.25) is 5.91 Å². The van der Waals surface area contributed by atoms with E-state index in [9.17, 15) is 4.79 Å². The lowest BCUT2D eigenvalue weighted by Crippen LogP contribution is -2.44. The van der Waals surface area contributed by atoms with Crippen LogP contribution in [0.1, 0.15) is 31.7 Å². The van der Waals surface area contributed by atoms with Gasteiger partial charge in [0.05, 0.1) is 15.2 Å². The fourth-order valence-electron chi connectivity index (χ4n) is 2.27. The summed E-state index contributed by atoms with van der Waals surface area (Å²) in [5.74, 6) is 0.423. The summed E-state index contributed by atoms with van der Waals surface area (Å²) < 4.78 is 1.06. The summed E-state index contributed by atoms with van der Waals surface area (Å²) in [5, 5.41) is 4.69. The maximum atomic E-state index is 12.1. The van der Waals surface area contributed by atoms with Crippen molar-refractivity contribution in [3.63, 3.8) is 0 Å². The Morgan fingerprint density at radius 1 is 1.50 bits per heavy atom. The number of aryl methyl sites for hydroxylation is 1.